The smallest absolute Gasteiger partial charge is 0.0196 e. The number of allylic oxidation sites excluding steroid dienone is 3. The molecule has 1 saturated carbocycles. The quantitative estimate of drug-likeness (QED) is 0.509. The molecule has 0 radical (unpaired) electrons. The van der Waals surface area contributed by atoms with E-state index in [1.807, 2.05) is 0 Å². The van der Waals surface area contributed by atoms with Crippen molar-refractivity contribution in [2.75, 3.05) is 0 Å². The highest BCUT2D eigenvalue weighted by Gasteiger charge is 2.34. The molecule has 0 spiro atoms. The zero-order chi connectivity index (χ0) is 6.97. The van der Waals surface area contributed by atoms with E-state index in [2.05, 4.69) is 24.8 Å². The molecular weight excluding hydrogens is 120 g/mol. The summed E-state index contributed by atoms with van der Waals surface area (Å²) < 4.78 is 0. The van der Waals surface area contributed by atoms with Gasteiger partial charge in [0.1, 0.15) is 0 Å². The lowest BCUT2D eigenvalue weighted by atomic mass is 9.91. The average molecular weight is 134 g/mol. The topological polar surface area (TPSA) is 0 Å². The van der Waals surface area contributed by atoms with E-state index in [0.29, 0.717) is 0 Å². The molecule has 1 fully saturated rings. The minimum absolute atomic E-state index is 0.906. The summed E-state index contributed by atoms with van der Waals surface area (Å²) >= 11 is 0. The van der Waals surface area contributed by atoms with Crippen LogP contribution in [0.3, 0.4) is 0 Å². The van der Waals surface area contributed by atoms with Crippen LogP contribution >= 0.6 is 0 Å². The van der Waals surface area contributed by atoms with Gasteiger partial charge in [0.25, 0.3) is 0 Å². The Hall–Kier alpha value is -0.520. The largest absolute Gasteiger partial charge is 0.103 e. The minimum atomic E-state index is 0.906. The van der Waals surface area contributed by atoms with Crippen LogP contribution in [0.15, 0.2) is 24.8 Å². The molecule has 10 heavy (non-hydrogen) atoms. The van der Waals surface area contributed by atoms with E-state index in [9.17, 15) is 0 Å². The van der Waals surface area contributed by atoms with Crippen LogP contribution < -0.4 is 0 Å². The first-order valence-electron chi connectivity index (χ1n) is 4.19. The van der Waals surface area contributed by atoms with Crippen molar-refractivity contribution in [1.82, 2.24) is 0 Å². The molecular formula is C10H14. The zero-order valence-corrected chi connectivity index (χ0v) is 6.29. The third kappa shape index (κ3) is 0.828. The van der Waals surface area contributed by atoms with Gasteiger partial charge in [-0.05, 0) is 37.0 Å². The number of hydrogen-bond donors (Lipinski definition) is 0. The van der Waals surface area contributed by atoms with Gasteiger partial charge in [0.05, 0.1) is 0 Å². The van der Waals surface area contributed by atoms with Crippen LogP contribution in [0.2, 0.25) is 0 Å². The molecule has 0 nitrogen and oxygen atoms in total. The van der Waals surface area contributed by atoms with Gasteiger partial charge >= 0.3 is 0 Å². The van der Waals surface area contributed by atoms with Crippen LogP contribution in [0, 0.1) is 17.8 Å². The highest BCUT2D eigenvalue weighted by molar-refractivity contribution is 5.10. The van der Waals surface area contributed by atoms with E-state index < -0.39 is 0 Å². The lowest BCUT2D eigenvalue weighted by Crippen LogP contribution is -2.04. The van der Waals surface area contributed by atoms with Crippen molar-refractivity contribution < 1.29 is 0 Å². The molecule has 0 saturated heterocycles. The molecule has 0 aliphatic heterocycles. The maximum absolute atomic E-state index is 3.78. The lowest BCUT2D eigenvalue weighted by molar-refractivity contribution is 0.454. The van der Waals surface area contributed by atoms with Crippen LogP contribution in [0.25, 0.3) is 0 Å². The van der Waals surface area contributed by atoms with Gasteiger partial charge in [-0.25, -0.2) is 0 Å². The summed E-state index contributed by atoms with van der Waals surface area (Å²) in [6.07, 6.45) is 10.9. The second-order valence-electron chi connectivity index (χ2n) is 3.56. The van der Waals surface area contributed by atoms with Gasteiger partial charge in [-0.3, -0.25) is 0 Å². The Balaban J connectivity index is 2.02. The first-order chi connectivity index (χ1) is 4.90. The molecule has 3 atom stereocenters. The van der Waals surface area contributed by atoms with E-state index in [0.717, 1.165) is 17.8 Å². The molecule has 2 rings (SSSR count). The number of hydrogen-bond acceptors (Lipinski definition) is 0. The molecule has 0 aromatic heterocycles. The molecule has 2 aliphatic rings. The van der Waals surface area contributed by atoms with Crippen LogP contribution in [0.4, 0.5) is 0 Å². The molecule has 0 aromatic carbocycles. The normalized spacial score (nSPS) is 42.6. The molecule has 0 heterocycles. The van der Waals surface area contributed by atoms with Crippen molar-refractivity contribution in [3.05, 3.63) is 24.8 Å². The number of rotatable bonds is 2. The highest BCUT2D eigenvalue weighted by Crippen LogP contribution is 2.44. The Morgan fingerprint density at radius 2 is 2.30 bits per heavy atom. The fraction of sp³-hybridized carbons (Fsp3) is 0.600. The molecule has 0 heteroatoms. The fourth-order valence-corrected chi connectivity index (χ4v) is 2.38. The average Bonchev–Trinajstić information content (AvgIpc) is 2.48. The van der Waals surface area contributed by atoms with Gasteiger partial charge in [-0.15, -0.1) is 6.58 Å². The fourth-order valence-electron chi connectivity index (χ4n) is 2.38. The molecule has 54 valence electrons. The standard InChI is InChI=1S/C10H14/c1-2-3-9-6-8-4-5-10(9)7-8/h2,4-5,8-10H,1,3,6-7H2. The van der Waals surface area contributed by atoms with Crippen molar-refractivity contribution in [3.63, 3.8) is 0 Å². The van der Waals surface area contributed by atoms with Crippen molar-refractivity contribution in [1.29, 1.82) is 0 Å². The summed E-state index contributed by atoms with van der Waals surface area (Å²) in [6, 6.07) is 0. The third-order valence-corrected chi connectivity index (χ3v) is 2.89. The van der Waals surface area contributed by atoms with Crippen molar-refractivity contribution in [2.45, 2.75) is 19.3 Å². The Morgan fingerprint density at radius 3 is 2.80 bits per heavy atom. The molecule has 0 N–H and O–H groups in total. The van der Waals surface area contributed by atoms with Crippen LogP contribution in [0.1, 0.15) is 19.3 Å². The Kier molecular flexibility index (Phi) is 1.40. The second-order valence-corrected chi connectivity index (χ2v) is 3.56. The molecule has 0 aromatic rings. The maximum Gasteiger partial charge on any atom is -0.0196 e. The van der Waals surface area contributed by atoms with E-state index in [4.69, 9.17) is 0 Å². The van der Waals surface area contributed by atoms with E-state index in [1.54, 1.807) is 0 Å². The highest BCUT2D eigenvalue weighted by atomic mass is 14.4. The number of fused-ring (bicyclic) bond motifs is 2. The first-order valence-corrected chi connectivity index (χ1v) is 4.19. The van der Waals surface area contributed by atoms with Crippen molar-refractivity contribution in [3.8, 4) is 0 Å². The second kappa shape index (κ2) is 2.26. The van der Waals surface area contributed by atoms with Gasteiger partial charge < -0.3 is 0 Å². The molecule has 3 unspecified atom stereocenters. The molecule has 2 aliphatic carbocycles. The van der Waals surface area contributed by atoms with E-state index >= 15 is 0 Å². The third-order valence-electron chi connectivity index (χ3n) is 2.89. The summed E-state index contributed by atoms with van der Waals surface area (Å²) in [6.45, 7) is 3.78. The minimum Gasteiger partial charge on any atom is -0.103 e. The summed E-state index contributed by atoms with van der Waals surface area (Å²) in [7, 11) is 0. The zero-order valence-electron chi connectivity index (χ0n) is 6.29. The van der Waals surface area contributed by atoms with Gasteiger partial charge in [-0.2, -0.15) is 0 Å². The summed E-state index contributed by atoms with van der Waals surface area (Å²) in [5.41, 5.74) is 0. The molecule has 2 bridgehead atoms. The van der Waals surface area contributed by atoms with Crippen molar-refractivity contribution in [2.24, 2.45) is 17.8 Å². The Bertz CT molecular complexity index is 167. The SMILES string of the molecule is C=CCC1CC2C=CC1C2. The predicted molar refractivity (Wildman–Crippen MR) is 43.7 cm³/mol. The predicted octanol–water partition coefficient (Wildman–Crippen LogP) is 2.77. The Morgan fingerprint density at radius 1 is 1.40 bits per heavy atom. The van der Waals surface area contributed by atoms with E-state index in [1.165, 1.54) is 19.3 Å². The van der Waals surface area contributed by atoms with Crippen LogP contribution in [0.5, 0.6) is 0 Å². The lowest BCUT2D eigenvalue weighted by Gasteiger charge is -2.14. The summed E-state index contributed by atoms with van der Waals surface area (Å²) in [5.74, 6) is 2.77. The maximum atomic E-state index is 3.78. The van der Waals surface area contributed by atoms with Gasteiger partial charge in [0, 0.05) is 0 Å². The Labute approximate surface area is 62.6 Å². The first kappa shape index (κ1) is 6.21. The van der Waals surface area contributed by atoms with Crippen molar-refractivity contribution >= 4 is 0 Å². The molecule has 0 amide bonds. The van der Waals surface area contributed by atoms with Crippen LogP contribution in [-0.4, -0.2) is 0 Å². The van der Waals surface area contributed by atoms with Gasteiger partial charge in [0.15, 0.2) is 0 Å². The van der Waals surface area contributed by atoms with Gasteiger partial charge in [0.2, 0.25) is 0 Å². The summed E-state index contributed by atoms with van der Waals surface area (Å²) in [5, 5.41) is 0. The monoisotopic (exact) mass is 134 g/mol. The summed E-state index contributed by atoms with van der Waals surface area (Å²) in [4.78, 5) is 0. The van der Waals surface area contributed by atoms with Crippen LogP contribution in [-0.2, 0) is 0 Å². The van der Waals surface area contributed by atoms with Gasteiger partial charge in [-0.1, -0.05) is 18.2 Å². The van der Waals surface area contributed by atoms with E-state index in [-0.39, 0.29) is 0 Å².